The minimum Gasteiger partial charge on any atom is -0.309 e. The number of allylic oxidation sites excluding steroid dienone is 2. The first-order chi connectivity index (χ1) is 12.8. The zero-order valence-electron chi connectivity index (χ0n) is 17.3. The lowest BCUT2D eigenvalue weighted by molar-refractivity contribution is -0.121. The molecule has 3 saturated carbocycles. The van der Waals surface area contributed by atoms with Gasteiger partial charge in [0.25, 0.3) is 0 Å². The summed E-state index contributed by atoms with van der Waals surface area (Å²) in [5.41, 5.74) is 0.503. The lowest BCUT2D eigenvalue weighted by atomic mass is 9.45. The molecule has 0 saturated heterocycles. The fraction of sp³-hybridized carbons (Fsp3) is 0.864. The molecule has 0 radical (unpaired) electrons. The molecule has 4 nitrogen and oxygen atoms in total. The largest absolute Gasteiger partial charge is 0.356 e. The van der Waals surface area contributed by atoms with Crippen molar-refractivity contribution in [3.63, 3.8) is 0 Å². The summed E-state index contributed by atoms with van der Waals surface area (Å²) in [5.74, 6) is 2.91. The van der Waals surface area contributed by atoms with E-state index < -0.39 is 7.60 Å². The predicted molar refractivity (Wildman–Crippen MR) is 106 cm³/mol. The van der Waals surface area contributed by atoms with Gasteiger partial charge in [-0.1, -0.05) is 19.9 Å². The Labute approximate surface area is 164 Å². The maximum Gasteiger partial charge on any atom is 0.356 e. The van der Waals surface area contributed by atoms with Crippen LogP contribution in [0.15, 0.2) is 11.4 Å². The van der Waals surface area contributed by atoms with E-state index in [2.05, 4.69) is 19.9 Å². The molecular formula is C22H35O4P. The number of fused-ring (bicyclic) bond motifs is 5. The Morgan fingerprint density at radius 3 is 2.37 bits per heavy atom. The van der Waals surface area contributed by atoms with E-state index >= 15 is 0 Å². The Morgan fingerprint density at radius 1 is 1.00 bits per heavy atom. The van der Waals surface area contributed by atoms with E-state index in [0.717, 1.165) is 42.8 Å². The Bertz CT molecular complexity index is 680. The van der Waals surface area contributed by atoms with Crippen molar-refractivity contribution in [1.82, 2.24) is 0 Å². The zero-order chi connectivity index (χ0) is 19.4. The maximum atomic E-state index is 12.9. The number of carbonyl (C=O) groups excluding carboxylic acids is 1. The van der Waals surface area contributed by atoms with E-state index in [9.17, 15) is 9.36 Å². The maximum absolute atomic E-state index is 12.9. The smallest absolute Gasteiger partial charge is 0.309 e. The number of carbonyl (C=O) groups is 1. The Morgan fingerprint density at radius 2 is 1.70 bits per heavy atom. The van der Waals surface area contributed by atoms with E-state index in [1.165, 1.54) is 46.2 Å². The van der Waals surface area contributed by atoms with Crippen molar-refractivity contribution >= 4 is 13.9 Å². The average molecular weight is 394 g/mol. The fourth-order valence-electron chi connectivity index (χ4n) is 7.64. The SMILES string of the molecule is COP(=O)(OC)C1=C[C@@H]2CC[C@@H]3[C@H](CC[C@]4(C)[C@@H](C=O)CC[C@@H]34)[C@@]2(C)CC1. The predicted octanol–water partition coefficient (Wildman–Crippen LogP) is 5.82. The highest BCUT2D eigenvalue weighted by Gasteiger charge is 2.59. The monoisotopic (exact) mass is 394 g/mol. The van der Waals surface area contributed by atoms with E-state index in [1.807, 2.05) is 0 Å². The van der Waals surface area contributed by atoms with Gasteiger partial charge >= 0.3 is 7.60 Å². The van der Waals surface area contributed by atoms with Crippen molar-refractivity contribution in [3.05, 3.63) is 11.4 Å². The first kappa shape index (κ1) is 19.9. The van der Waals surface area contributed by atoms with Crippen LogP contribution >= 0.6 is 7.60 Å². The summed E-state index contributed by atoms with van der Waals surface area (Å²) in [6, 6.07) is 0. The summed E-state index contributed by atoms with van der Waals surface area (Å²) in [5, 5.41) is 0.885. The number of hydrogen-bond acceptors (Lipinski definition) is 4. The standard InChI is InChI=1S/C22H35O4P/c1-21-11-9-17(27(24,25-3)26-4)13-15(21)5-7-18-19-8-6-16(14-23)22(19,2)12-10-20(18)21/h13-16,18-20H,5-12H2,1-4H3/t15-,16+,18-,19-,20-,21-,22+/m0/s1. The Balaban J connectivity index is 1.61. The summed E-state index contributed by atoms with van der Waals surface area (Å²) in [7, 11) is -0.130. The van der Waals surface area contributed by atoms with Crippen molar-refractivity contribution in [3.8, 4) is 0 Å². The summed E-state index contributed by atoms with van der Waals surface area (Å²) >= 11 is 0. The number of rotatable bonds is 4. The van der Waals surface area contributed by atoms with Crippen LogP contribution in [0.3, 0.4) is 0 Å². The van der Waals surface area contributed by atoms with Crippen LogP contribution in [0.25, 0.3) is 0 Å². The van der Waals surface area contributed by atoms with Crippen molar-refractivity contribution in [2.24, 2.45) is 40.4 Å². The molecule has 4 rings (SSSR count). The van der Waals surface area contributed by atoms with Crippen LogP contribution in [-0.2, 0) is 18.4 Å². The third kappa shape index (κ3) is 2.77. The van der Waals surface area contributed by atoms with Crippen LogP contribution < -0.4 is 0 Å². The molecule has 0 amide bonds. The first-order valence-electron chi connectivity index (χ1n) is 10.7. The quantitative estimate of drug-likeness (QED) is 0.445. The van der Waals surface area contributed by atoms with Gasteiger partial charge in [0.15, 0.2) is 0 Å². The zero-order valence-corrected chi connectivity index (χ0v) is 18.2. The van der Waals surface area contributed by atoms with Gasteiger partial charge in [-0.2, -0.15) is 0 Å². The van der Waals surface area contributed by atoms with Crippen LogP contribution in [-0.4, -0.2) is 20.5 Å². The van der Waals surface area contributed by atoms with Gasteiger partial charge in [0, 0.05) is 25.5 Å². The molecule has 5 heteroatoms. The van der Waals surface area contributed by atoms with Gasteiger partial charge in [-0.3, -0.25) is 4.57 Å². The molecule has 7 atom stereocenters. The van der Waals surface area contributed by atoms with Gasteiger partial charge in [0.1, 0.15) is 6.29 Å². The lowest BCUT2D eigenvalue weighted by Crippen LogP contribution is -2.52. The van der Waals surface area contributed by atoms with E-state index in [1.54, 1.807) is 0 Å². The molecule has 0 aromatic carbocycles. The third-order valence-electron chi connectivity index (χ3n) is 9.33. The summed E-state index contributed by atoms with van der Waals surface area (Å²) in [6.07, 6.45) is 12.5. The summed E-state index contributed by atoms with van der Waals surface area (Å²) in [6.45, 7) is 4.86. The van der Waals surface area contributed by atoms with Gasteiger partial charge in [-0.25, -0.2) is 0 Å². The molecule has 4 aliphatic rings. The van der Waals surface area contributed by atoms with Crippen molar-refractivity contribution in [2.45, 2.75) is 65.2 Å². The molecular weight excluding hydrogens is 359 g/mol. The molecule has 0 N–H and O–H groups in total. The first-order valence-corrected chi connectivity index (χ1v) is 12.2. The van der Waals surface area contributed by atoms with Crippen molar-refractivity contribution in [1.29, 1.82) is 0 Å². The number of hydrogen-bond donors (Lipinski definition) is 0. The molecule has 0 bridgehead atoms. The van der Waals surface area contributed by atoms with E-state index in [0.29, 0.717) is 11.8 Å². The summed E-state index contributed by atoms with van der Waals surface area (Å²) < 4.78 is 23.4. The minimum absolute atomic E-state index is 0.226. The van der Waals surface area contributed by atoms with Crippen LogP contribution in [0.5, 0.6) is 0 Å². The second-order valence-corrected chi connectivity index (χ2v) is 12.3. The van der Waals surface area contributed by atoms with Crippen LogP contribution in [0.4, 0.5) is 0 Å². The fourth-order valence-corrected chi connectivity index (χ4v) is 9.01. The second kappa shape index (κ2) is 6.82. The van der Waals surface area contributed by atoms with Gasteiger partial charge in [-0.05, 0) is 85.9 Å². The molecule has 27 heavy (non-hydrogen) atoms. The van der Waals surface area contributed by atoms with Crippen LogP contribution in [0.1, 0.15) is 65.2 Å². The van der Waals surface area contributed by atoms with Gasteiger partial charge in [-0.15, -0.1) is 0 Å². The molecule has 0 unspecified atom stereocenters. The van der Waals surface area contributed by atoms with Gasteiger partial charge in [0.05, 0.1) is 0 Å². The molecule has 0 aromatic heterocycles. The Kier molecular flexibility index (Phi) is 5.01. The third-order valence-corrected chi connectivity index (χ3v) is 11.4. The number of aldehydes is 1. The molecule has 4 aliphatic carbocycles. The molecule has 0 spiro atoms. The molecule has 0 aromatic rings. The average Bonchev–Trinajstić information content (AvgIpc) is 3.03. The highest BCUT2D eigenvalue weighted by Crippen LogP contribution is 2.69. The van der Waals surface area contributed by atoms with Crippen molar-refractivity contribution < 1.29 is 18.4 Å². The van der Waals surface area contributed by atoms with E-state index in [4.69, 9.17) is 9.05 Å². The van der Waals surface area contributed by atoms with Crippen molar-refractivity contribution in [2.75, 3.05) is 14.2 Å². The molecule has 0 heterocycles. The molecule has 0 aliphatic heterocycles. The highest BCUT2D eigenvalue weighted by atomic mass is 31.2. The van der Waals surface area contributed by atoms with Gasteiger partial charge in [0.2, 0.25) is 0 Å². The normalized spacial score (nSPS) is 46.8. The summed E-state index contributed by atoms with van der Waals surface area (Å²) in [4.78, 5) is 11.6. The van der Waals surface area contributed by atoms with Crippen LogP contribution in [0.2, 0.25) is 0 Å². The minimum atomic E-state index is -3.11. The molecule has 152 valence electrons. The highest BCUT2D eigenvalue weighted by molar-refractivity contribution is 7.58. The topological polar surface area (TPSA) is 52.6 Å². The lowest BCUT2D eigenvalue weighted by Gasteiger charge is -2.59. The van der Waals surface area contributed by atoms with Gasteiger partial charge < -0.3 is 13.8 Å². The second-order valence-electron chi connectivity index (χ2n) is 9.95. The van der Waals surface area contributed by atoms with E-state index in [-0.39, 0.29) is 16.7 Å². The van der Waals surface area contributed by atoms with Crippen LogP contribution in [0, 0.1) is 40.4 Å². The molecule has 3 fully saturated rings. The Hall–Kier alpha value is -0.440.